The number of carbonyl (C=O) groups excluding carboxylic acids is 1. The van der Waals surface area contributed by atoms with Crippen molar-refractivity contribution in [3.8, 4) is 5.75 Å². The van der Waals surface area contributed by atoms with Gasteiger partial charge < -0.3 is 15.7 Å². The van der Waals surface area contributed by atoms with E-state index >= 15 is 0 Å². The summed E-state index contributed by atoms with van der Waals surface area (Å²) in [5, 5.41) is 15.6. The molecule has 3 saturated carbocycles. The Hall–Kier alpha value is -1.97. The molecule has 38 heavy (non-hydrogen) atoms. The molecule has 210 valence electrons. The van der Waals surface area contributed by atoms with Gasteiger partial charge in [0.1, 0.15) is 5.75 Å². The molecule has 2 amide bonds. The molecule has 4 aliphatic rings. The summed E-state index contributed by atoms with van der Waals surface area (Å²) in [5.74, 6) is 5.34. The number of hydrogen-bond acceptors (Lipinski definition) is 2. The van der Waals surface area contributed by atoms with E-state index in [2.05, 4.69) is 51.3 Å². The molecule has 0 saturated heterocycles. The Morgan fingerprint density at radius 2 is 1.76 bits per heavy atom. The Morgan fingerprint density at radius 1 is 1.00 bits per heavy atom. The van der Waals surface area contributed by atoms with E-state index in [9.17, 15) is 9.90 Å². The van der Waals surface area contributed by atoms with E-state index < -0.39 is 0 Å². The number of anilines is 1. The zero-order valence-electron chi connectivity index (χ0n) is 24.6. The first kappa shape index (κ1) is 27.6. The Kier molecular flexibility index (Phi) is 7.91. The lowest BCUT2D eigenvalue weighted by Gasteiger charge is -2.58. The van der Waals surface area contributed by atoms with Crippen molar-refractivity contribution in [3.63, 3.8) is 0 Å². The quantitative estimate of drug-likeness (QED) is 0.248. The molecule has 1 aromatic rings. The first-order chi connectivity index (χ1) is 18.1. The molecule has 0 bridgehead atoms. The van der Waals surface area contributed by atoms with Crippen molar-refractivity contribution >= 4 is 11.7 Å². The number of rotatable bonds is 7. The van der Waals surface area contributed by atoms with E-state index in [0.29, 0.717) is 16.5 Å². The van der Waals surface area contributed by atoms with Gasteiger partial charge in [0.15, 0.2) is 0 Å². The lowest BCUT2D eigenvalue weighted by atomic mass is 9.47. The molecule has 0 heterocycles. The topological polar surface area (TPSA) is 61.4 Å². The molecule has 4 nitrogen and oxygen atoms in total. The second-order valence-electron chi connectivity index (χ2n) is 14.4. The first-order valence-corrected chi connectivity index (χ1v) is 15.7. The van der Waals surface area contributed by atoms with Gasteiger partial charge in [-0.3, -0.25) is 0 Å². The number of phenolic OH excluding ortho intramolecular Hbond substituents is 1. The lowest BCUT2D eigenvalue weighted by molar-refractivity contribution is -0.0512. The van der Waals surface area contributed by atoms with Crippen LogP contribution in [0, 0.1) is 46.3 Å². The summed E-state index contributed by atoms with van der Waals surface area (Å²) < 4.78 is 0. The highest BCUT2D eigenvalue weighted by atomic mass is 16.3. The number of carbonyl (C=O) groups is 1. The zero-order chi connectivity index (χ0) is 27.1. The van der Waals surface area contributed by atoms with Crippen molar-refractivity contribution in [1.29, 1.82) is 0 Å². The van der Waals surface area contributed by atoms with E-state index in [4.69, 9.17) is 0 Å². The number of allylic oxidation sites excluding steroid dienone is 1. The minimum absolute atomic E-state index is 0.147. The summed E-state index contributed by atoms with van der Waals surface area (Å²) in [7, 11) is 0. The minimum atomic E-state index is -0.147. The van der Waals surface area contributed by atoms with Crippen LogP contribution in [0.25, 0.3) is 0 Å². The molecule has 0 spiro atoms. The first-order valence-electron chi connectivity index (χ1n) is 15.7. The smallest absolute Gasteiger partial charge is 0.319 e. The Balaban J connectivity index is 1.21. The van der Waals surface area contributed by atoms with Gasteiger partial charge in [-0.05, 0) is 122 Å². The van der Waals surface area contributed by atoms with Crippen molar-refractivity contribution in [1.82, 2.24) is 5.32 Å². The number of nitrogens with one attached hydrogen (secondary N) is 2. The number of hydrogen-bond donors (Lipinski definition) is 3. The van der Waals surface area contributed by atoms with Crippen molar-refractivity contribution in [2.45, 2.75) is 111 Å². The van der Waals surface area contributed by atoms with Gasteiger partial charge in [-0.1, -0.05) is 65.5 Å². The molecule has 4 aliphatic carbocycles. The van der Waals surface area contributed by atoms with Crippen LogP contribution in [0.3, 0.4) is 0 Å². The highest BCUT2D eigenvalue weighted by molar-refractivity contribution is 5.89. The van der Waals surface area contributed by atoms with E-state index in [1.165, 1.54) is 57.8 Å². The maximum Gasteiger partial charge on any atom is 0.319 e. The van der Waals surface area contributed by atoms with E-state index in [1.807, 2.05) is 0 Å². The zero-order valence-corrected chi connectivity index (χ0v) is 24.6. The van der Waals surface area contributed by atoms with E-state index in [0.717, 1.165) is 48.3 Å². The summed E-state index contributed by atoms with van der Waals surface area (Å²) in [4.78, 5) is 12.7. The third-order valence-corrected chi connectivity index (χ3v) is 11.8. The van der Waals surface area contributed by atoms with Crippen LogP contribution in [0.1, 0.15) is 105 Å². The second kappa shape index (κ2) is 10.9. The average Bonchev–Trinajstić information content (AvgIpc) is 3.23. The number of aromatic hydroxyl groups is 1. The summed E-state index contributed by atoms with van der Waals surface area (Å²) in [6.45, 7) is 12.5. The Morgan fingerprint density at radius 3 is 2.50 bits per heavy atom. The summed E-state index contributed by atoms with van der Waals surface area (Å²) >= 11 is 0. The molecule has 8 atom stereocenters. The maximum absolute atomic E-state index is 12.7. The highest BCUT2D eigenvalue weighted by Gasteiger charge is 2.59. The van der Waals surface area contributed by atoms with Crippen LogP contribution >= 0.6 is 0 Å². The highest BCUT2D eigenvalue weighted by Crippen LogP contribution is 2.67. The monoisotopic (exact) mass is 520 g/mol. The molecule has 1 aromatic carbocycles. The molecule has 4 unspecified atom stereocenters. The fourth-order valence-corrected chi connectivity index (χ4v) is 9.71. The van der Waals surface area contributed by atoms with Gasteiger partial charge in [0.05, 0.1) is 0 Å². The fourth-order valence-electron chi connectivity index (χ4n) is 9.71. The maximum atomic E-state index is 12.7. The number of fused-ring (bicyclic) bond motifs is 5. The van der Waals surface area contributed by atoms with E-state index in [1.54, 1.807) is 29.8 Å². The molecule has 0 aromatic heterocycles. The molecular formula is C34H52N2O2. The SMILES string of the molecule is CC(C)CCC[C@@H](C)[C@H]1CCC2C3CC=C4CC(NC(=O)Nc5ccc(O)cc5)CC[C@]4(C)C3CC[C@@]21C. The van der Waals surface area contributed by atoms with Crippen molar-refractivity contribution in [3.05, 3.63) is 35.9 Å². The molecule has 3 fully saturated rings. The van der Waals surface area contributed by atoms with Gasteiger partial charge in [0.2, 0.25) is 0 Å². The van der Waals surface area contributed by atoms with Crippen LogP contribution in [0.5, 0.6) is 5.75 Å². The lowest BCUT2D eigenvalue weighted by Crippen LogP contribution is -2.52. The van der Waals surface area contributed by atoms with Crippen LogP contribution in [0.15, 0.2) is 35.9 Å². The van der Waals surface area contributed by atoms with Crippen molar-refractivity contribution < 1.29 is 9.90 Å². The summed E-state index contributed by atoms with van der Waals surface area (Å²) in [6, 6.07) is 6.70. The predicted molar refractivity (Wildman–Crippen MR) is 157 cm³/mol. The molecule has 0 aliphatic heterocycles. The summed E-state index contributed by atoms with van der Waals surface area (Å²) in [5.41, 5.74) is 3.15. The van der Waals surface area contributed by atoms with Gasteiger partial charge in [-0.25, -0.2) is 4.79 Å². The number of amides is 2. The molecule has 5 rings (SSSR count). The third kappa shape index (κ3) is 5.26. The molecule has 4 heteroatoms. The summed E-state index contributed by atoms with van der Waals surface area (Å²) in [6.07, 6.45) is 17.0. The number of phenols is 1. The Bertz CT molecular complexity index is 1020. The average molecular weight is 521 g/mol. The van der Waals surface area contributed by atoms with Crippen LogP contribution in [-0.2, 0) is 0 Å². The normalized spacial score (nSPS) is 37.0. The third-order valence-electron chi connectivity index (χ3n) is 11.8. The van der Waals surface area contributed by atoms with Crippen molar-refractivity contribution in [2.24, 2.45) is 46.3 Å². The number of urea groups is 1. The van der Waals surface area contributed by atoms with Crippen LogP contribution < -0.4 is 10.6 Å². The van der Waals surface area contributed by atoms with Gasteiger partial charge in [-0.15, -0.1) is 0 Å². The molecular weight excluding hydrogens is 468 g/mol. The van der Waals surface area contributed by atoms with Crippen LogP contribution in [-0.4, -0.2) is 17.2 Å². The standard InChI is InChI=1S/C34H52N2O2/c1-22(2)7-6-8-23(3)29-15-16-30-28-14-9-24-21-26(36-32(38)35-25-10-12-27(37)13-11-25)17-19-33(24,4)31(28)18-20-34(29,30)5/h9-13,22-23,26,28-31,37H,6-8,14-21H2,1-5H3,(H2,35,36,38)/t23-,26?,28?,29-,30?,31?,33+,34-/m1/s1. The molecule has 0 radical (unpaired) electrons. The number of benzene rings is 1. The van der Waals surface area contributed by atoms with Gasteiger partial charge in [-0.2, -0.15) is 0 Å². The van der Waals surface area contributed by atoms with Crippen LogP contribution in [0.4, 0.5) is 10.5 Å². The van der Waals surface area contributed by atoms with Gasteiger partial charge in [0.25, 0.3) is 0 Å². The molecule has 3 N–H and O–H groups in total. The Labute approximate surface area is 231 Å². The van der Waals surface area contributed by atoms with Crippen LogP contribution in [0.2, 0.25) is 0 Å². The van der Waals surface area contributed by atoms with Gasteiger partial charge >= 0.3 is 6.03 Å². The van der Waals surface area contributed by atoms with Gasteiger partial charge in [0, 0.05) is 11.7 Å². The fraction of sp³-hybridized carbons (Fsp3) is 0.735. The predicted octanol–water partition coefficient (Wildman–Crippen LogP) is 8.92. The van der Waals surface area contributed by atoms with E-state index in [-0.39, 0.29) is 17.8 Å². The minimum Gasteiger partial charge on any atom is -0.508 e. The van der Waals surface area contributed by atoms with Crippen molar-refractivity contribution in [2.75, 3.05) is 5.32 Å². The largest absolute Gasteiger partial charge is 0.508 e. The second-order valence-corrected chi connectivity index (χ2v) is 14.4.